The second-order valence-corrected chi connectivity index (χ2v) is 15.8. The second kappa shape index (κ2) is 12.0. The fourth-order valence-corrected chi connectivity index (χ4v) is 10.5. The maximum atomic E-state index is 14.6. The average Bonchev–Trinajstić information content (AvgIpc) is 3.32. The van der Waals surface area contributed by atoms with E-state index in [1.165, 1.54) is 0 Å². The van der Waals surface area contributed by atoms with Crippen LogP contribution in [0.25, 0.3) is 0 Å². The van der Waals surface area contributed by atoms with Gasteiger partial charge in [0.25, 0.3) is 0 Å². The average molecular weight is 676 g/mol. The van der Waals surface area contributed by atoms with Crippen molar-refractivity contribution in [2.24, 2.45) is 41.4 Å². The lowest BCUT2D eigenvalue weighted by atomic mass is 9.57. The molecule has 268 valence electrons. The SMILES string of the molecule is C[C@@H]1CC[C@H]2[C@@H](C)[C@@](C)(OCCNCC3=C(C(F)(F)F)O[C@@H]4OC5(C)CCC6[C@H](C)CC[C@@H]3[C@]64OO5)O[C@@H]3O[C@@H](C)CCC1C32OO. The minimum absolute atomic E-state index is 0.0564. The summed E-state index contributed by atoms with van der Waals surface area (Å²) in [6.07, 6.45) is -0.735. The number of rotatable bonds is 7. The molecule has 14 atom stereocenters. The van der Waals surface area contributed by atoms with Gasteiger partial charge in [-0.2, -0.15) is 13.2 Å². The van der Waals surface area contributed by atoms with Crippen molar-refractivity contribution in [3.8, 4) is 0 Å². The van der Waals surface area contributed by atoms with Gasteiger partial charge in [0, 0.05) is 43.2 Å². The van der Waals surface area contributed by atoms with Crippen molar-refractivity contribution in [2.75, 3.05) is 19.7 Å². The minimum Gasteiger partial charge on any atom is -0.456 e. The second-order valence-electron chi connectivity index (χ2n) is 15.8. The highest BCUT2D eigenvalue weighted by atomic mass is 19.4. The van der Waals surface area contributed by atoms with Gasteiger partial charge in [-0.05, 0) is 89.0 Å². The maximum Gasteiger partial charge on any atom is 0.449 e. The number of hydrogen-bond acceptors (Lipinski definition) is 10. The third kappa shape index (κ3) is 5.32. The van der Waals surface area contributed by atoms with Gasteiger partial charge in [-0.25, -0.2) is 14.7 Å². The van der Waals surface area contributed by atoms with Gasteiger partial charge < -0.3 is 29.0 Å². The monoisotopic (exact) mass is 675 g/mol. The van der Waals surface area contributed by atoms with Crippen LogP contribution in [0.3, 0.4) is 0 Å². The molecular weight excluding hydrogens is 623 g/mol. The van der Waals surface area contributed by atoms with Crippen molar-refractivity contribution in [3.63, 3.8) is 0 Å². The van der Waals surface area contributed by atoms with Crippen molar-refractivity contribution in [2.45, 2.75) is 141 Å². The Kier molecular flexibility index (Phi) is 8.82. The van der Waals surface area contributed by atoms with E-state index >= 15 is 0 Å². The minimum atomic E-state index is -4.70. The molecule has 2 N–H and O–H groups in total. The largest absolute Gasteiger partial charge is 0.456 e. The highest BCUT2D eigenvalue weighted by molar-refractivity contribution is 5.29. The topological polar surface area (TPSA) is 106 Å². The number of ether oxygens (including phenoxy) is 5. The Bertz CT molecular complexity index is 1220. The van der Waals surface area contributed by atoms with E-state index in [0.717, 1.165) is 32.1 Å². The molecule has 8 aliphatic rings. The quantitative estimate of drug-likeness (QED) is 0.178. The Morgan fingerprint density at radius 3 is 2.34 bits per heavy atom. The Balaban J connectivity index is 1.07. The van der Waals surface area contributed by atoms with E-state index in [1.807, 2.05) is 13.8 Å². The maximum absolute atomic E-state index is 14.6. The summed E-state index contributed by atoms with van der Waals surface area (Å²) in [6.45, 7) is 12.3. The summed E-state index contributed by atoms with van der Waals surface area (Å²) in [6, 6.07) is 0. The summed E-state index contributed by atoms with van der Waals surface area (Å²) in [7, 11) is 0. The fourth-order valence-electron chi connectivity index (χ4n) is 10.5. The van der Waals surface area contributed by atoms with Gasteiger partial charge in [0.1, 0.15) is 0 Å². The van der Waals surface area contributed by atoms with Crippen LogP contribution >= 0.6 is 0 Å². The fraction of sp³-hybridized carbons (Fsp3) is 0.941. The standard InChI is InChI=1S/C34H52F3NO9/c1-18-7-10-25-21(4)31(6,44-28-32(25,45-39)23(18)12-9-20(3)41-28)40-16-15-38-17-22-26-11-8-19(2)24-13-14-30(5)43-29(33(24,26)47-46-30)42-27(22)34(35,36)37/h18-21,23-26,28-29,38-39H,7-17H2,1-6H3/t18-,19-,20+,21-,23?,24?,25+,26+,28+,29-,30?,31+,32?,33-/m1/s1. The summed E-state index contributed by atoms with van der Waals surface area (Å²) in [4.78, 5) is 17.3. The molecule has 8 rings (SSSR count). The van der Waals surface area contributed by atoms with Crippen LogP contribution in [-0.4, -0.2) is 72.6 Å². The molecule has 4 unspecified atom stereocenters. The molecule has 6 heterocycles. The van der Waals surface area contributed by atoms with Crippen molar-refractivity contribution in [1.29, 1.82) is 0 Å². The van der Waals surface area contributed by atoms with E-state index < -0.39 is 53.2 Å². The first-order valence-corrected chi connectivity index (χ1v) is 17.7. The Morgan fingerprint density at radius 2 is 1.60 bits per heavy atom. The van der Waals surface area contributed by atoms with Gasteiger partial charge in [-0.1, -0.05) is 20.8 Å². The third-order valence-corrected chi connectivity index (χ3v) is 13.2. The molecule has 7 fully saturated rings. The number of fused-ring (bicyclic) bond motifs is 2. The summed E-state index contributed by atoms with van der Waals surface area (Å²) < 4.78 is 74.8. The van der Waals surface area contributed by atoms with Gasteiger partial charge in [-0.15, -0.1) is 0 Å². The molecule has 10 nitrogen and oxygen atoms in total. The van der Waals surface area contributed by atoms with E-state index in [9.17, 15) is 18.4 Å². The molecule has 0 radical (unpaired) electrons. The molecule has 0 aromatic rings. The third-order valence-electron chi connectivity index (χ3n) is 13.2. The lowest BCUT2D eigenvalue weighted by Crippen LogP contribution is -2.70. The first-order valence-electron chi connectivity index (χ1n) is 17.7. The Morgan fingerprint density at radius 1 is 0.872 bits per heavy atom. The van der Waals surface area contributed by atoms with Crippen LogP contribution in [0.2, 0.25) is 0 Å². The lowest BCUT2D eigenvalue weighted by Gasteiger charge is -2.60. The van der Waals surface area contributed by atoms with E-state index in [-0.39, 0.29) is 61.0 Å². The molecule has 47 heavy (non-hydrogen) atoms. The molecule has 0 aromatic carbocycles. The van der Waals surface area contributed by atoms with Crippen LogP contribution in [0.5, 0.6) is 0 Å². The number of allylic oxidation sites excluding steroid dienone is 1. The van der Waals surface area contributed by atoms with E-state index in [0.29, 0.717) is 25.2 Å². The van der Waals surface area contributed by atoms with Crippen LogP contribution in [0.1, 0.15) is 92.9 Å². The highest BCUT2D eigenvalue weighted by Gasteiger charge is 2.70. The Hall–Kier alpha value is -1.03. The molecule has 0 aromatic heterocycles. The summed E-state index contributed by atoms with van der Waals surface area (Å²) in [5.41, 5.74) is -2.01. The molecule has 6 aliphatic heterocycles. The van der Waals surface area contributed by atoms with E-state index in [1.54, 1.807) is 6.92 Å². The highest BCUT2D eigenvalue weighted by Crippen LogP contribution is 2.62. The number of hydrogen-bond donors (Lipinski definition) is 2. The first kappa shape index (κ1) is 34.4. The molecule has 13 heteroatoms. The van der Waals surface area contributed by atoms with E-state index in [2.05, 4.69) is 26.1 Å². The van der Waals surface area contributed by atoms with E-state index in [4.69, 9.17) is 38.3 Å². The number of nitrogens with one attached hydrogen (secondary N) is 1. The molecular formula is C34H52F3NO9. The molecule has 2 bridgehead atoms. The zero-order valence-corrected chi connectivity index (χ0v) is 28.4. The van der Waals surface area contributed by atoms with Crippen LogP contribution in [0.15, 0.2) is 11.3 Å². The first-order chi connectivity index (χ1) is 22.2. The van der Waals surface area contributed by atoms with Crippen LogP contribution in [0.4, 0.5) is 13.2 Å². The predicted molar refractivity (Wildman–Crippen MR) is 160 cm³/mol. The van der Waals surface area contributed by atoms with Crippen molar-refractivity contribution in [3.05, 3.63) is 11.3 Å². The Labute approximate surface area is 275 Å². The number of alkyl halides is 3. The normalized spacial score (nSPS) is 51.0. The van der Waals surface area contributed by atoms with Gasteiger partial charge in [0.2, 0.25) is 17.8 Å². The predicted octanol–water partition coefficient (Wildman–Crippen LogP) is 6.45. The summed E-state index contributed by atoms with van der Waals surface area (Å²) in [5, 5.41) is 13.6. The van der Waals surface area contributed by atoms with Crippen LogP contribution in [-0.2, 0) is 38.3 Å². The van der Waals surface area contributed by atoms with Crippen molar-refractivity contribution < 1.29 is 56.8 Å². The van der Waals surface area contributed by atoms with Gasteiger partial charge in [0.15, 0.2) is 23.3 Å². The van der Waals surface area contributed by atoms with Crippen LogP contribution in [0, 0.1) is 41.4 Å². The summed E-state index contributed by atoms with van der Waals surface area (Å²) >= 11 is 0. The van der Waals surface area contributed by atoms with Crippen molar-refractivity contribution in [1.82, 2.24) is 5.32 Å². The number of halogens is 3. The molecule has 1 spiro atoms. The van der Waals surface area contributed by atoms with Gasteiger partial charge in [-0.3, -0.25) is 5.26 Å². The smallest absolute Gasteiger partial charge is 0.449 e. The lowest BCUT2D eigenvalue weighted by molar-refractivity contribution is -0.557. The van der Waals surface area contributed by atoms with Crippen molar-refractivity contribution >= 4 is 0 Å². The summed E-state index contributed by atoms with van der Waals surface area (Å²) in [5.74, 6) is -3.45. The van der Waals surface area contributed by atoms with Gasteiger partial charge >= 0.3 is 6.18 Å². The van der Waals surface area contributed by atoms with Gasteiger partial charge in [0.05, 0.1) is 12.7 Å². The zero-order valence-electron chi connectivity index (χ0n) is 28.4. The molecule has 2 aliphatic carbocycles. The van der Waals surface area contributed by atoms with Crippen LogP contribution < -0.4 is 5.32 Å². The molecule has 0 amide bonds. The molecule has 2 saturated carbocycles. The zero-order chi connectivity index (χ0) is 33.6. The molecule has 5 saturated heterocycles.